The Morgan fingerprint density at radius 3 is 2.79 bits per heavy atom. The number of hydrogen-bond acceptors (Lipinski definition) is 4. The number of carboxylic acid groups (broad SMARTS) is 1. The summed E-state index contributed by atoms with van der Waals surface area (Å²) in [6.07, 6.45) is 5.95. The second kappa shape index (κ2) is 10.1. The van der Waals surface area contributed by atoms with Crippen LogP contribution in [0.15, 0.2) is 54.1 Å². The molecule has 0 radical (unpaired) electrons. The molecular formula is C23H27NO4. The zero-order chi connectivity index (χ0) is 19.8. The van der Waals surface area contributed by atoms with E-state index in [1.807, 2.05) is 12.1 Å². The fourth-order valence-electron chi connectivity index (χ4n) is 3.15. The summed E-state index contributed by atoms with van der Waals surface area (Å²) in [5.74, 6) is -0.0175. The van der Waals surface area contributed by atoms with Crippen molar-refractivity contribution < 1.29 is 19.5 Å². The predicted molar refractivity (Wildman–Crippen MR) is 109 cm³/mol. The van der Waals surface area contributed by atoms with Crippen LogP contribution < -0.4 is 10.2 Å². The van der Waals surface area contributed by atoms with E-state index in [2.05, 4.69) is 48.0 Å². The van der Waals surface area contributed by atoms with Crippen LogP contribution in [-0.4, -0.2) is 30.3 Å². The molecule has 0 bridgehead atoms. The van der Waals surface area contributed by atoms with Gasteiger partial charge < -0.3 is 9.84 Å². The molecule has 2 aromatic carbocycles. The number of rotatable bonds is 10. The van der Waals surface area contributed by atoms with E-state index in [1.165, 1.54) is 16.7 Å². The lowest BCUT2D eigenvalue weighted by Gasteiger charge is -2.18. The normalized spacial score (nSPS) is 14.1. The lowest BCUT2D eigenvalue weighted by molar-refractivity contribution is -0.143. The topological polar surface area (TPSA) is 67.8 Å². The van der Waals surface area contributed by atoms with Gasteiger partial charge in [0.2, 0.25) is 0 Å². The first-order chi connectivity index (χ1) is 13.6. The Morgan fingerprint density at radius 1 is 1.18 bits per heavy atom. The average Bonchev–Trinajstić information content (AvgIpc) is 2.71. The largest absolute Gasteiger partial charge is 0.494 e. The molecule has 1 aliphatic carbocycles. The van der Waals surface area contributed by atoms with Crippen molar-refractivity contribution in [2.45, 2.75) is 38.6 Å². The van der Waals surface area contributed by atoms with Crippen LogP contribution in [0.2, 0.25) is 0 Å². The molecule has 0 aliphatic heterocycles. The molecule has 1 atom stereocenters. The summed E-state index contributed by atoms with van der Waals surface area (Å²) in [6, 6.07) is 15.9. The van der Waals surface area contributed by atoms with Gasteiger partial charge in [-0.05, 0) is 67.0 Å². The first-order valence-electron chi connectivity index (χ1n) is 9.71. The van der Waals surface area contributed by atoms with E-state index in [1.54, 1.807) is 6.92 Å². The maximum absolute atomic E-state index is 10.8. The monoisotopic (exact) mass is 381 g/mol. The molecular weight excluding hydrogens is 354 g/mol. The van der Waals surface area contributed by atoms with E-state index >= 15 is 0 Å². The SMILES string of the molecule is C[C@H](NOCC1=Cc2ccc(OCCCc3ccccc3)cc2CC1)C(=O)O. The smallest absolute Gasteiger partial charge is 0.322 e. The second-order valence-electron chi connectivity index (χ2n) is 7.07. The van der Waals surface area contributed by atoms with Crippen molar-refractivity contribution in [3.8, 4) is 5.75 Å². The Kier molecular flexibility index (Phi) is 7.23. The average molecular weight is 381 g/mol. The minimum atomic E-state index is -0.931. The summed E-state index contributed by atoms with van der Waals surface area (Å²) in [5.41, 5.74) is 7.47. The summed E-state index contributed by atoms with van der Waals surface area (Å²) >= 11 is 0. The third kappa shape index (κ3) is 5.94. The van der Waals surface area contributed by atoms with Gasteiger partial charge in [-0.2, -0.15) is 5.48 Å². The Hall–Kier alpha value is -2.63. The summed E-state index contributed by atoms with van der Waals surface area (Å²) in [6.45, 7) is 2.64. The van der Waals surface area contributed by atoms with Gasteiger partial charge in [-0.25, -0.2) is 0 Å². The number of nitrogens with one attached hydrogen (secondary N) is 1. The van der Waals surface area contributed by atoms with E-state index in [4.69, 9.17) is 14.7 Å². The van der Waals surface area contributed by atoms with Crippen molar-refractivity contribution in [1.29, 1.82) is 0 Å². The number of fused-ring (bicyclic) bond motifs is 1. The maximum atomic E-state index is 10.8. The second-order valence-corrected chi connectivity index (χ2v) is 7.07. The van der Waals surface area contributed by atoms with Gasteiger partial charge in [-0.15, -0.1) is 0 Å². The maximum Gasteiger partial charge on any atom is 0.322 e. The van der Waals surface area contributed by atoms with Gasteiger partial charge in [0.25, 0.3) is 0 Å². The zero-order valence-electron chi connectivity index (χ0n) is 16.2. The zero-order valence-corrected chi connectivity index (χ0v) is 16.2. The van der Waals surface area contributed by atoms with Gasteiger partial charge in [-0.3, -0.25) is 9.63 Å². The Morgan fingerprint density at radius 2 is 2.00 bits per heavy atom. The highest BCUT2D eigenvalue weighted by Gasteiger charge is 2.14. The first-order valence-corrected chi connectivity index (χ1v) is 9.71. The van der Waals surface area contributed by atoms with Crippen LogP contribution in [-0.2, 0) is 22.5 Å². The van der Waals surface area contributed by atoms with Crippen molar-refractivity contribution in [2.75, 3.05) is 13.2 Å². The number of hydrogen-bond donors (Lipinski definition) is 2. The van der Waals surface area contributed by atoms with Crippen LogP contribution >= 0.6 is 0 Å². The summed E-state index contributed by atoms with van der Waals surface area (Å²) in [7, 11) is 0. The van der Waals surface area contributed by atoms with Gasteiger partial charge in [0, 0.05) is 0 Å². The van der Waals surface area contributed by atoms with Crippen molar-refractivity contribution in [3.63, 3.8) is 0 Å². The van der Waals surface area contributed by atoms with Crippen LogP contribution in [0, 0.1) is 0 Å². The number of hydroxylamine groups is 1. The third-order valence-electron chi connectivity index (χ3n) is 4.80. The Balaban J connectivity index is 1.46. The minimum Gasteiger partial charge on any atom is -0.494 e. The number of benzene rings is 2. The molecule has 0 saturated carbocycles. The number of aliphatic carboxylic acids is 1. The van der Waals surface area contributed by atoms with Crippen LogP contribution in [0.1, 0.15) is 36.5 Å². The van der Waals surface area contributed by atoms with E-state index in [0.29, 0.717) is 13.2 Å². The van der Waals surface area contributed by atoms with Gasteiger partial charge >= 0.3 is 5.97 Å². The van der Waals surface area contributed by atoms with Crippen molar-refractivity contribution >= 4 is 12.0 Å². The molecule has 0 heterocycles. The molecule has 5 heteroatoms. The molecule has 2 N–H and O–H groups in total. The van der Waals surface area contributed by atoms with Crippen molar-refractivity contribution in [2.24, 2.45) is 0 Å². The molecule has 148 valence electrons. The molecule has 0 unspecified atom stereocenters. The van der Waals surface area contributed by atoms with Gasteiger partial charge in [-0.1, -0.05) is 42.5 Å². The highest BCUT2D eigenvalue weighted by atomic mass is 16.6. The molecule has 0 amide bonds. The summed E-state index contributed by atoms with van der Waals surface area (Å²) < 4.78 is 5.92. The summed E-state index contributed by atoms with van der Waals surface area (Å²) in [5, 5.41) is 8.84. The van der Waals surface area contributed by atoms with Gasteiger partial charge in [0.15, 0.2) is 0 Å². The van der Waals surface area contributed by atoms with Gasteiger partial charge in [0.1, 0.15) is 11.8 Å². The highest BCUT2D eigenvalue weighted by Crippen LogP contribution is 2.27. The van der Waals surface area contributed by atoms with E-state index in [9.17, 15) is 4.79 Å². The molecule has 28 heavy (non-hydrogen) atoms. The van der Waals surface area contributed by atoms with Crippen molar-refractivity contribution in [1.82, 2.24) is 5.48 Å². The molecule has 5 nitrogen and oxygen atoms in total. The number of carboxylic acids is 1. The van der Waals surface area contributed by atoms with Crippen LogP contribution in [0.25, 0.3) is 6.08 Å². The number of carbonyl (C=O) groups is 1. The quantitative estimate of drug-likeness (QED) is 0.481. The van der Waals surface area contributed by atoms with Crippen LogP contribution in [0.4, 0.5) is 0 Å². The molecule has 0 spiro atoms. The van der Waals surface area contributed by atoms with Crippen molar-refractivity contribution in [3.05, 3.63) is 70.8 Å². The Bertz CT molecular complexity index is 817. The number of aryl methyl sites for hydroxylation is 2. The first kappa shape index (κ1) is 20.1. The van der Waals surface area contributed by atoms with E-state index in [0.717, 1.165) is 37.0 Å². The standard InChI is InChI=1S/C23H27NO4/c1-17(23(25)26)24-28-16-19-9-10-21-15-22(12-11-20(21)14-19)27-13-5-8-18-6-3-2-4-7-18/h2-4,6-7,11-12,14-15,17,24H,5,8-10,13,16H2,1H3,(H,25,26)/t17-/m0/s1. The molecule has 1 aliphatic rings. The predicted octanol–water partition coefficient (Wildman–Crippen LogP) is 4.02. The minimum absolute atomic E-state index is 0.384. The lowest BCUT2D eigenvalue weighted by Crippen LogP contribution is -2.34. The number of ether oxygens (including phenoxy) is 1. The lowest BCUT2D eigenvalue weighted by atomic mass is 9.92. The van der Waals surface area contributed by atoms with Gasteiger partial charge in [0.05, 0.1) is 13.2 Å². The molecule has 0 fully saturated rings. The van der Waals surface area contributed by atoms with Crippen LogP contribution in [0.3, 0.4) is 0 Å². The molecule has 0 saturated heterocycles. The molecule has 0 aromatic heterocycles. The van der Waals surface area contributed by atoms with E-state index < -0.39 is 12.0 Å². The highest BCUT2D eigenvalue weighted by molar-refractivity contribution is 5.72. The third-order valence-corrected chi connectivity index (χ3v) is 4.80. The molecule has 2 aromatic rings. The fourth-order valence-corrected chi connectivity index (χ4v) is 3.15. The van der Waals surface area contributed by atoms with E-state index in [-0.39, 0.29) is 0 Å². The van der Waals surface area contributed by atoms with Crippen LogP contribution in [0.5, 0.6) is 5.75 Å². The molecule has 3 rings (SSSR count). The Labute approximate surface area is 165 Å². The fraction of sp³-hybridized carbons (Fsp3) is 0.348. The summed E-state index contributed by atoms with van der Waals surface area (Å²) in [4.78, 5) is 16.1.